The van der Waals surface area contributed by atoms with Gasteiger partial charge in [0.05, 0.1) is 12.5 Å². The second kappa shape index (κ2) is 10.2. The first-order chi connectivity index (χ1) is 6.41. The van der Waals surface area contributed by atoms with Crippen molar-refractivity contribution in [3.63, 3.8) is 0 Å². The topological polar surface area (TPSA) is 158 Å². The normalized spacial score (nSPS) is 10.5. The van der Waals surface area contributed by atoms with Gasteiger partial charge in [0.1, 0.15) is 13.6 Å². The maximum Gasteiger partial charge on any atom is 0.261 e. The van der Waals surface area contributed by atoms with Crippen LogP contribution in [0.4, 0.5) is 0 Å². The minimum absolute atomic E-state index is 0.406. The van der Waals surface area contributed by atoms with Gasteiger partial charge >= 0.3 is 0 Å². The Bertz CT molecular complexity index is 253. The molecule has 0 heterocycles. The Labute approximate surface area is 87.8 Å². The number of ether oxygens (including phenoxy) is 1. The van der Waals surface area contributed by atoms with Gasteiger partial charge in [-0.1, -0.05) is 0 Å². The van der Waals surface area contributed by atoms with Crippen molar-refractivity contribution in [2.75, 3.05) is 26.1 Å². The quantitative estimate of drug-likeness (QED) is 0.326. The maximum absolute atomic E-state index is 9.19. The smallest absolute Gasteiger partial charge is 0.261 e. The molecule has 0 unspecified atom stereocenters. The molecule has 0 aliphatic heterocycles. The van der Waals surface area contributed by atoms with Gasteiger partial charge in [-0.25, -0.2) is 0 Å². The zero-order valence-electron chi connectivity index (χ0n) is 8.06. The van der Waals surface area contributed by atoms with E-state index in [2.05, 4.69) is 4.74 Å². The van der Waals surface area contributed by atoms with Crippen LogP contribution in [-0.4, -0.2) is 62.3 Å². The lowest BCUT2D eigenvalue weighted by molar-refractivity contribution is -0.0763. The molecular formula is C4H14O9S2. The van der Waals surface area contributed by atoms with Crippen LogP contribution in [0.15, 0.2) is 0 Å². The highest BCUT2D eigenvalue weighted by molar-refractivity contribution is 7.85. The minimum atomic E-state index is -3.67. The zero-order valence-corrected chi connectivity index (χ0v) is 9.69. The standard InChI is InChI=1S/C2H6O3.2CH4O3S/c3-1-5-2-4;2*1-5(2,3)4/h3-4H,1-2H2;2*1H3,(H,2,3,4). The van der Waals surface area contributed by atoms with Crippen molar-refractivity contribution in [1.82, 2.24) is 0 Å². The number of rotatable bonds is 2. The molecule has 0 fully saturated rings. The Kier molecular flexibility index (Phi) is 13.7. The largest absolute Gasteiger partial charge is 0.371 e. The summed E-state index contributed by atoms with van der Waals surface area (Å²) in [5.74, 6) is 0. The molecule has 0 rings (SSSR count). The Morgan fingerprint density at radius 1 is 0.867 bits per heavy atom. The highest BCUT2D eigenvalue weighted by atomic mass is 32.2. The van der Waals surface area contributed by atoms with E-state index in [4.69, 9.17) is 19.3 Å². The van der Waals surface area contributed by atoms with Crippen LogP contribution in [0.3, 0.4) is 0 Å². The molecule has 4 N–H and O–H groups in total. The molecule has 96 valence electrons. The first kappa shape index (κ1) is 20.2. The van der Waals surface area contributed by atoms with Gasteiger partial charge in [0, 0.05) is 0 Å². The highest BCUT2D eigenvalue weighted by Gasteiger charge is 1.82. The second-order valence-corrected chi connectivity index (χ2v) is 4.86. The number of aliphatic hydroxyl groups excluding tert-OH is 2. The van der Waals surface area contributed by atoms with Gasteiger partial charge in [-0.2, -0.15) is 16.8 Å². The van der Waals surface area contributed by atoms with Crippen molar-refractivity contribution in [1.29, 1.82) is 0 Å². The third-order valence-electron chi connectivity index (χ3n) is 0.183. The van der Waals surface area contributed by atoms with E-state index in [-0.39, 0.29) is 0 Å². The minimum Gasteiger partial charge on any atom is -0.371 e. The van der Waals surface area contributed by atoms with Crippen molar-refractivity contribution in [2.45, 2.75) is 0 Å². The maximum atomic E-state index is 9.19. The van der Waals surface area contributed by atoms with Gasteiger partial charge in [-0.3, -0.25) is 9.11 Å². The summed E-state index contributed by atoms with van der Waals surface area (Å²) >= 11 is 0. The molecule has 0 amide bonds. The summed E-state index contributed by atoms with van der Waals surface area (Å²) in [4.78, 5) is 0. The molecule has 0 aromatic heterocycles. The van der Waals surface area contributed by atoms with Crippen LogP contribution >= 0.6 is 0 Å². The Hall–Kier alpha value is -0.300. The molecule has 0 aliphatic rings. The van der Waals surface area contributed by atoms with Gasteiger partial charge in [0.15, 0.2) is 0 Å². The fourth-order valence-corrected chi connectivity index (χ4v) is 0.0408. The summed E-state index contributed by atoms with van der Waals surface area (Å²) < 4.78 is 55.7. The predicted molar refractivity (Wildman–Crippen MR) is 50.2 cm³/mol. The molecule has 0 aromatic rings. The lowest BCUT2D eigenvalue weighted by Crippen LogP contribution is -1.91. The average molecular weight is 270 g/mol. The fourth-order valence-electron chi connectivity index (χ4n) is 0.0408. The summed E-state index contributed by atoms with van der Waals surface area (Å²) in [6, 6.07) is 0. The lowest BCUT2D eigenvalue weighted by atomic mass is 11.4. The van der Waals surface area contributed by atoms with Crippen LogP contribution < -0.4 is 0 Å². The highest BCUT2D eigenvalue weighted by Crippen LogP contribution is 1.61. The molecular weight excluding hydrogens is 256 g/mol. The summed E-state index contributed by atoms with van der Waals surface area (Å²) in [5, 5.41) is 15.4. The van der Waals surface area contributed by atoms with Gasteiger partial charge in [0.2, 0.25) is 0 Å². The summed E-state index contributed by atoms with van der Waals surface area (Å²) in [5.41, 5.74) is 0. The Morgan fingerprint density at radius 3 is 1.00 bits per heavy atom. The van der Waals surface area contributed by atoms with Crippen molar-refractivity contribution < 1.29 is 40.9 Å². The number of hydrogen-bond acceptors (Lipinski definition) is 7. The summed E-state index contributed by atoms with van der Waals surface area (Å²) in [6.07, 6.45) is 1.43. The van der Waals surface area contributed by atoms with Crippen molar-refractivity contribution in [3.8, 4) is 0 Å². The van der Waals surface area contributed by atoms with Gasteiger partial charge < -0.3 is 14.9 Å². The van der Waals surface area contributed by atoms with Gasteiger partial charge in [-0.15, -0.1) is 0 Å². The van der Waals surface area contributed by atoms with Crippen LogP contribution in [0.1, 0.15) is 0 Å². The molecule has 0 aromatic carbocycles. The molecule has 0 saturated carbocycles. The van der Waals surface area contributed by atoms with Crippen molar-refractivity contribution in [3.05, 3.63) is 0 Å². The molecule has 11 heteroatoms. The predicted octanol–water partition coefficient (Wildman–Crippen LogP) is -2.09. The number of aliphatic hydroxyl groups is 2. The molecule has 0 aliphatic carbocycles. The van der Waals surface area contributed by atoms with E-state index in [9.17, 15) is 16.8 Å². The van der Waals surface area contributed by atoms with Crippen molar-refractivity contribution >= 4 is 20.2 Å². The van der Waals surface area contributed by atoms with E-state index in [1.807, 2.05) is 0 Å². The van der Waals surface area contributed by atoms with Crippen LogP contribution in [0, 0.1) is 0 Å². The van der Waals surface area contributed by atoms with Crippen molar-refractivity contribution in [2.24, 2.45) is 0 Å². The fraction of sp³-hybridized carbons (Fsp3) is 1.00. The van der Waals surface area contributed by atoms with E-state index in [1.165, 1.54) is 0 Å². The Morgan fingerprint density at radius 2 is 1.00 bits per heavy atom. The first-order valence-electron chi connectivity index (χ1n) is 3.06. The SMILES string of the molecule is CS(=O)(=O)O.CS(=O)(=O)O.OCOCO. The monoisotopic (exact) mass is 270 g/mol. The second-order valence-electron chi connectivity index (χ2n) is 1.93. The molecule has 0 saturated heterocycles. The molecule has 0 atom stereocenters. The van der Waals surface area contributed by atoms with E-state index in [1.54, 1.807) is 0 Å². The molecule has 0 radical (unpaired) electrons. The van der Waals surface area contributed by atoms with E-state index in [0.717, 1.165) is 0 Å². The van der Waals surface area contributed by atoms with E-state index in [0.29, 0.717) is 12.5 Å². The average Bonchev–Trinajstić information content (AvgIpc) is 1.80. The molecule has 0 bridgehead atoms. The summed E-state index contributed by atoms with van der Waals surface area (Å²) in [7, 11) is -7.33. The van der Waals surface area contributed by atoms with Crippen LogP contribution in [-0.2, 0) is 25.0 Å². The molecule has 15 heavy (non-hydrogen) atoms. The molecule has 9 nitrogen and oxygen atoms in total. The third-order valence-corrected chi connectivity index (χ3v) is 0.183. The van der Waals surface area contributed by atoms with Crippen LogP contribution in [0.5, 0.6) is 0 Å². The Balaban J connectivity index is -0.000000144. The van der Waals surface area contributed by atoms with E-state index >= 15 is 0 Å². The van der Waals surface area contributed by atoms with E-state index < -0.39 is 33.8 Å². The van der Waals surface area contributed by atoms with Crippen LogP contribution in [0.25, 0.3) is 0 Å². The summed E-state index contributed by atoms with van der Waals surface area (Å²) in [6.45, 7) is -0.812. The molecule has 0 spiro atoms. The number of hydrogen-bond donors (Lipinski definition) is 4. The first-order valence-corrected chi connectivity index (χ1v) is 6.75. The third kappa shape index (κ3) is 649. The van der Waals surface area contributed by atoms with Gasteiger partial charge in [-0.05, 0) is 0 Å². The lowest BCUT2D eigenvalue weighted by Gasteiger charge is -1.85. The van der Waals surface area contributed by atoms with Gasteiger partial charge in [0.25, 0.3) is 20.2 Å². The zero-order chi connectivity index (χ0) is 13.1. The van der Waals surface area contributed by atoms with Crippen LogP contribution in [0.2, 0.25) is 0 Å².